The van der Waals surface area contributed by atoms with Gasteiger partial charge in [0.15, 0.2) is 5.82 Å². The molecule has 0 N–H and O–H groups in total. The Morgan fingerprint density at radius 3 is 2.58 bits per heavy atom. The number of nitrogens with zero attached hydrogens (tertiary/aromatic N) is 7. The van der Waals surface area contributed by atoms with Gasteiger partial charge in [-0.05, 0) is 38.8 Å². The van der Waals surface area contributed by atoms with Crippen molar-refractivity contribution in [3.63, 3.8) is 0 Å². The maximum atomic E-state index is 15.0. The Balaban J connectivity index is 1.79. The molecule has 0 radical (unpaired) electrons. The third-order valence-electron chi connectivity index (χ3n) is 6.71. The molecule has 0 aromatic carbocycles. The molecule has 0 aliphatic heterocycles. The highest BCUT2D eigenvalue weighted by Gasteiger charge is 2.27. The van der Waals surface area contributed by atoms with E-state index in [1.54, 1.807) is 0 Å². The molecule has 8 nitrogen and oxygen atoms in total. The van der Waals surface area contributed by atoms with Crippen molar-refractivity contribution in [3.8, 4) is 6.07 Å². The summed E-state index contributed by atoms with van der Waals surface area (Å²) in [5, 5.41) is 11.0. The minimum Gasteiger partial charge on any atom is -0.370 e. The number of unbranched alkanes of at least 4 members (excludes halogenated alkanes) is 1. The maximum Gasteiger partial charge on any atom is 0.217 e. The highest BCUT2D eigenvalue weighted by Crippen LogP contribution is 2.39. The van der Waals surface area contributed by atoms with Crippen LogP contribution in [0.15, 0.2) is 24.4 Å². The Morgan fingerprint density at radius 2 is 2.00 bits per heavy atom. The lowest BCUT2D eigenvalue weighted by atomic mass is 10.1. The second-order valence-electron chi connectivity index (χ2n) is 9.65. The molecule has 2 heterocycles. The van der Waals surface area contributed by atoms with Gasteiger partial charge in [-0.3, -0.25) is 9.69 Å². The van der Waals surface area contributed by atoms with E-state index in [4.69, 9.17) is 5.26 Å². The van der Waals surface area contributed by atoms with Gasteiger partial charge < -0.3 is 9.91 Å². The number of carbonyl (C=O) groups excluding carboxylic acids is 1. The van der Waals surface area contributed by atoms with Crippen molar-refractivity contribution in [3.05, 3.63) is 53.1 Å². The van der Waals surface area contributed by atoms with Gasteiger partial charge in [-0.1, -0.05) is 19.4 Å². The molecule has 194 valence electrons. The third kappa shape index (κ3) is 6.70. The Hall–Kier alpha value is -3.25. The summed E-state index contributed by atoms with van der Waals surface area (Å²) in [5.74, 6) is 0.639. The zero-order valence-corrected chi connectivity index (χ0v) is 22.1. The van der Waals surface area contributed by atoms with Gasteiger partial charge in [-0.25, -0.2) is 14.6 Å². The molecule has 9 heteroatoms. The third-order valence-corrected chi connectivity index (χ3v) is 6.71. The van der Waals surface area contributed by atoms with Crippen LogP contribution in [0.1, 0.15) is 74.3 Å². The van der Waals surface area contributed by atoms with Crippen LogP contribution >= 0.6 is 0 Å². The summed E-state index contributed by atoms with van der Waals surface area (Å²) < 4.78 is 16.8. The van der Waals surface area contributed by atoms with Crippen LogP contribution in [-0.2, 0) is 11.2 Å². The Kier molecular flexibility index (Phi) is 9.59. The standard InChI is InChI=1S/C27H38FN7O/c1-6-7-15-34(20(2)23-10-11-24(21-8-9-21)31-26(23)28)17-16-33(5)25(13-18-36)27-30-22(12-14-29)19-35(27)32(3)4/h10-11,13,18-21H,6-9,12,15-17H2,1-5H3/b25-13+. The van der Waals surface area contributed by atoms with Gasteiger partial charge in [0.25, 0.3) is 0 Å². The van der Waals surface area contributed by atoms with Crippen molar-refractivity contribution < 1.29 is 9.18 Å². The number of halogens is 1. The maximum absolute atomic E-state index is 15.0. The molecule has 1 aliphatic carbocycles. The molecule has 3 rings (SSSR count). The topological polar surface area (TPSA) is 81.3 Å². The molecule has 0 saturated heterocycles. The zero-order valence-electron chi connectivity index (χ0n) is 22.1. The highest BCUT2D eigenvalue weighted by molar-refractivity contribution is 5.79. The van der Waals surface area contributed by atoms with E-state index in [9.17, 15) is 9.18 Å². The zero-order chi connectivity index (χ0) is 26.2. The van der Waals surface area contributed by atoms with Crippen LogP contribution in [0.5, 0.6) is 0 Å². The van der Waals surface area contributed by atoms with E-state index < -0.39 is 0 Å². The van der Waals surface area contributed by atoms with Crippen LogP contribution in [0.25, 0.3) is 5.70 Å². The molecule has 1 fully saturated rings. The summed E-state index contributed by atoms with van der Waals surface area (Å²) in [6.45, 7) is 6.29. The van der Waals surface area contributed by atoms with Crippen molar-refractivity contribution in [2.45, 2.75) is 57.9 Å². The second kappa shape index (κ2) is 12.6. The number of likely N-dealkylation sites (N-methyl/N-ethyl adjacent to an activating group) is 1. The monoisotopic (exact) mass is 495 g/mol. The van der Waals surface area contributed by atoms with Gasteiger partial charge in [-0.2, -0.15) is 9.65 Å². The van der Waals surface area contributed by atoms with E-state index in [2.05, 4.69) is 27.9 Å². The number of carbonyl (C=O) groups is 1. The fourth-order valence-electron chi connectivity index (χ4n) is 4.33. The van der Waals surface area contributed by atoms with E-state index in [0.717, 1.165) is 44.2 Å². The van der Waals surface area contributed by atoms with Crippen molar-refractivity contribution in [2.24, 2.45) is 0 Å². The Bertz CT molecular complexity index is 1100. The number of imidazole rings is 1. The van der Waals surface area contributed by atoms with Crippen LogP contribution in [0.3, 0.4) is 0 Å². The molecule has 1 unspecified atom stereocenters. The molecular formula is C27H38FN7O. The molecule has 36 heavy (non-hydrogen) atoms. The number of aromatic nitrogens is 3. The van der Waals surface area contributed by atoms with Gasteiger partial charge in [0.05, 0.1) is 30.1 Å². The Morgan fingerprint density at radius 1 is 1.25 bits per heavy atom. The average molecular weight is 496 g/mol. The van der Waals surface area contributed by atoms with Crippen LogP contribution in [-0.4, -0.2) is 71.5 Å². The first-order chi connectivity index (χ1) is 17.3. The summed E-state index contributed by atoms with van der Waals surface area (Å²) in [7, 11) is 5.68. The number of hydrogen-bond donors (Lipinski definition) is 0. The number of aldehydes is 1. The number of nitriles is 1. The van der Waals surface area contributed by atoms with Gasteiger partial charge in [0.2, 0.25) is 5.95 Å². The van der Waals surface area contributed by atoms with E-state index in [0.29, 0.717) is 41.8 Å². The lowest BCUT2D eigenvalue weighted by Gasteiger charge is -2.32. The van der Waals surface area contributed by atoms with Crippen molar-refractivity contribution >= 4 is 12.0 Å². The van der Waals surface area contributed by atoms with Gasteiger partial charge in [-0.15, -0.1) is 0 Å². The molecule has 1 atom stereocenters. The van der Waals surface area contributed by atoms with Gasteiger partial charge >= 0.3 is 0 Å². The first-order valence-corrected chi connectivity index (χ1v) is 12.7. The first kappa shape index (κ1) is 27.3. The van der Waals surface area contributed by atoms with Crippen molar-refractivity contribution in [2.75, 3.05) is 45.8 Å². The summed E-state index contributed by atoms with van der Waals surface area (Å²) in [5.41, 5.74) is 2.78. The molecule has 1 aliphatic rings. The van der Waals surface area contributed by atoms with Crippen LogP contribution in [0.4, 0.5) is 4.39 Å². The minimum absolute atomic E-state index is 0.129. The summed E-state index contributed by atoms with van der Waals surface area (Å²) in [6, 6.07) is 5.87. The SMILES string of the molecule is CCCCN(CCN(C)/C(=C/C=O)c1nc(CC#N)cn1N(C)C)C(C)c1ccc(C2CC2)nc1F. The first-order valence-electron chi connectivity index (χ1n) is 12.7. The fraction of sp³-hybridized carbons (Fsp3) is 0.556. The van der Waals surface area contributed by atoms with Crippen LogP contribution in [0.2, 0.25) is 0 Å². The smallest absolute Gasteiger partial charge is 0.217 e. The molecule has 2 aromatic heterocycles. The summed E-state index contributed by atoms with van der Waals surface area (Å²) >= 11 is 0. The van der Waals surface area contributed by atoms with E-state index >= 15 is 0 Å². The van der Waals surface area contributed by atoms with Crippen molar-refractivity contribution in [1.29, 1.82) is 5.26 Å². The fourth-order valence-corrected chi connectivity index (χ4v) is 4.33. The Labute approximate surface area is 214 Å². The highest BCUT2D eigenvalue weighted by atomic mass is 19.1. The molecule has 0 amide bonds. The summed E-state index contributed by atoms with van der Waals surface area (Å²) in [4.78, 5) is 24.7. The molecule has 1 saturated carbocycles. The van der Waals surface area contributed by atoms with Crippen LogP contribution in [0, 0.1) is 17.3 Å². The normalized spacial score (nSPS) is 14.6. The molecule has 0 bridgehead atoms. The number of hydrogen-bond acceptors (Lipinski definition) is 7. The predicted molar refractivity (Wildman–Crippen MR) is 139 cm³/mol. The number of pyridine rings is 1. The van der Waals surface area contributed by atoms with E-state index in [1.165, 1.54) is 6.08 Å². The quantitative estimate of drug-likeness (QED) is 0.223. The van der Waals surface area contributed by atoms with E-state index in [1.807, 2.05) is 61.0 Å². The van der Waals surface area contributed by atoms with Gasteiger partial charge in [0.1, 0.15) is 6.29 Å². The van der Waals surface area contributed by atoms with Crippen LogP contribution < -0.4 is 5.01 Å². The largest absolute Gasteiger partial charge is 0.370 e. The number of allylic oxidation sites excluding steroid dienone is 1. The van der Waals surface area contributed by atoms with Gasteiger partial charge in [0, 0.05) is 63.5 Å². The summed E-state index contributed by atoms with van der Waals surface area (Å²) in [6.07, 6.45) is 8.48. The average Bonchev–Trinajstić information content (AvgIpc) is 3.62. The van der Waals surface area contributed by atoms with Crippen molar-refractivity contribution in [1.82, 2.24) is 24.4 Å². The predicted octanol–water partition coefficient (Wildman–Crippen LogP) is 3.89. The lowest BCUT2D eigenvalue weighted by Crippen LogP contribution is -2.36. The second-order valence-corrected chi connectivity index (χ2v) is 9.65. The molecule has 0 spiro atoms. The molecular weight excluding hydrogens is 457 g/mol. The minimum atomic E-state index is -0.374. The van der Waals surface area contributed by atoms with E-state index in [-0.39, 0.29) is 18.4 Å². The lowest BCUT2D eigenvalue weighted by molar-refractivity contribution is -0.104. The molecule has 2 aromatic rings. The number of rotatable bonds is 14.